The van der Waals surface area contributed by atoms with E-state index >= 15 is 0 Å². The summed E-state index contributed by atoms with van der Waals surface area (Å²) >= 11 is 7.63. The quantitative estimate of drug-likeness (QED) is 0.502. The summed E-state index contributed by atoms with van der Waals surface area (Å²) in [7, 11) is 0. The van der Waals surface area contributed by atoms with Crippen LogP contribution in [-0.4, -0.2) is 33.4 Å². The minimum absolute atomic E-state index is 0.0526. The Balaban J connectivity index is 1.98. The maximum Gasteiger partial charge on any atom is 0.247 e. The van der Waals surface area contributed by atoms with Gasteiger partial charge in [0.05, 0.1) is 17.4 Å². The number of rotatable bonds is 4. The molecule has 0 saturated heterocycles. The van der Waals surface area contributed by atoms with E-state index in [9.17, 15) is 4.79 Å². The highest BCUT2D eigenvalue weighted by Crippen LogP contribution is 2.45. The highest BCUT2D eigenvalue weighted by atomic mass is 35.5. The van der Waals surface area contributed by atoms with Gasteiger partial charge >= 0.3 is 0 Å². The van der Waals surface area contributed by atoms with E-state index in [2.05, 4.69) is 15.2 Å². The Hall–Kier alpha value is -2.84. The molecule has 7 nitrogen and oxygen atoms in total. The molecule has 1 atom stereocenters. The Morgan fingerprint density at radius 2 is 2.00 bits per heavy atom. The van der Waals surface area contributed by atoms with Crippen molar-refractivity contribution in [1.82, 2.24) is 15.2 Å². The third kappa shape index (κ3) is 4.18. The molecule has 0 saturated carbocycles. The maximum atomic E-state index is 12.9. The van der Waals surface area contributed by atoms with Crippen molar-refractivity contribution in [3.05, 3.63) is 53.1 Å². The molecule has 9 heteroatoms. The van der Waals surface area contributed by atoms with Crippen LogP contribution in [0.15, 0.2) is 47.6 Å². The van der Waals surface area contributed by atoms with Gasteiger partial charge in [0.1, 0.15) is 5.75 Å². The van der Waals surface area contributed by atoms with Gasteiger partial charge in [0, 0.05) is 17.5 Å². The van der Waals surface area contributed by atoms with Crippen LogP contribution in [-0.2, 0) is 4.79 Å². The summed E-state index contributed by atoms with van der Waals surface area (Å²) in [6, 6.07) is 12.7. The SMILES string of the molecule is CSc1nnc2c(n1)O[C@H](c1ccccc1OC(C)C)N(C(C)=O)c1ccc(Cl)cc1-2. The monoisotopic (exact) mass is 456 g/mol. The number of amides is 1. The zero-order chi connectivity index (χ0) is 22.1. The lowest BCUT2D eigenvalue weighted by Crippen LogP contribution is -2.36. The number of para-hydroxylation sites is 1. The first-order valence-corrected chi connectivity index (χ1v) is 11.3. The third-order valence-corrected chi connectivity index (χ3v) is 5.41. The van der Waals surface area contributed by atoms with Crippen LogP contribution in [0, 0.1) is 0 Å². The van der Waals surface area contributed by atoms with Gasteiger partial charge in [-0.1, -0.05) is 35.5 Å². The Morgan fingerprint density at radius 3 is 2.71 bits per heavy atom. The minimum atomic E-state index is -0.819. The van der Waals surface area contributed by atoms with Crippen molar-refractivity contribution in [3.8, 4) is 22.9 Å². The van der Waals surface area contributed by atoms with Gasteiger partial charge in [0.15, 0.2) is 5.69 Å². The van der Waals surface area contributed by atoms with Crippen molar-refractivity contribution in [2.24, 2.45) is 0 Å². The van der Waals surface area contributed by atoms with Crippen molar-refractivity contribution < 1.29 is 14.3 Å². The second-order valence-corrected chi connectivity index (χ2v) is 8.39. The normalized spacial score (nSPS) is 15.0. The molecule has 0 bridgehead atoms. The fourth-order valence-corrected chi connectivity index (χ4v) is 3.88. The molecule has 0 radical (unpaired) electrons. The summed E-state index contributed by atoms with van der Waals surface area (Å²) in [6.45, 7) is 5.38. The van der Waals surface area contributed by atoms with Gasteiger partial charge in [-0.25, -0.2) is 0 Å². The van der Waals surface area contributed by atoms with Gasteiger partial charge in [0.25, 0.3) is 0 Å². The Morgan fingerprint density at radius 1 is 1.23 bits per heavy atom. The second kappa shape index (κ2) is 8.72. The first-order valence-electron chi connectivity index (χ1n) is 9.69. The smallest absolute Gasteiger partial charge is 0.247 e. The maximum absolute atomic E-state index is 12.9. The molecule has 0 unspecified atom stereocenters. The van der Waals surface area contributed by atoms with E-state index in [1.165, 1.54) is 18.7 Å². The number of carbonyl (C=O) groups excluding carboxylic acids is 1. The summed E-state index contributed by atoms with van der Waals surface area (Å²) in [4.78, 5) is 19.0. The average Bonchev–Trinajstić information content (AvgIpc) is 2.87. The van der Waals surface area contributed by atoms with Crippen molar-refractivity contribution >= 4 is 35.0 Å². The molecule has 1 aliphatic rings. The van der Waals surface area contributed by atoms with Gasteiger partial charge in [0.2, 0.25) is 23.2 Å². The fourth-order valence-electron chi connectivity index (χ4n) is 3.41. The molecule has 160 valence electrons. The molecule has 3 aromatic rings. The van der Waals surface area contributed by atoms with E-state index in [4.69, 9.17) is 21.1 Å². The number of carbonyl (C=O) groups is 1. The molecule has 1 aromatic heterocycles. The number of nitrogens with zero attached hydrogens (tertiary/aromatic N) is 4. The zero-order valence-electron chi connectivity index (χ0n) is 17.5. The van der Waals surface area contributed by atoms with Gasteiger partial charge < -0.3 is 9.47 Å². The van der Waals surface area contributed by atoms with Crippen LogP contribution in [0.25, 0.3) is 11.3 Å². The van der Waals surface area contributed by atoms with Crippen LogP contribution in [0.2, 0.25) is 5.02 Å². The fraction of sp³-hybridized carbons (Fsp3) is 0.273. The first-order chi connectivity index (χ1) is 14.9. The predicted molar refractivity (Wildman–Crippen MR) is 121 cm³/mol. The van der Waals surface area contributed by atoms with E-state index in [1.54, 1.807) is 23.1 Å². The van der Waals surface area contributed by atoms with Crippen LogP contribution >= 0.6 is 23.4 Å². The zero-order valence-corrected chi connectivity index (χ0v) is 19.1. The number of fused-ring (bicyclic) bond motifs is 3. The number of benzene rings is 2. The number of thioether (sulfide) groups is 1. The average molecular weight is 457 g/mol. The Labute approximate surface area is 189 Å². The van der Waals surface area contributed by atoms with Crippen LogP contribution < -0.4 is 14.4 Å². The largest absolute Gasteiger partial charge is 0.491 e. The van der Waals surface area contributed by atoms with Crippen LogP contribution in [0.1, 0.15) is 32.6 Å². The van der Waals surface area contributed by atoms with E-state index in [0.29, 0.717) is 38.4 Å². The molecule has 31 heavy (non-hydrogen) atoms. The Kier molecular flexibility index (Phi) is 6.02. The molecule has 0 spiro atoms. The van der Waals surface area contributed by atoms with Crippen LogP contribution in [0.4, 0.5) is 5.69 Å². The van der Waals surface area contributed by atoms with Gasteiger partial charge in [-0.05, 0) is 50.4 Å². The predicted octanol–water partition coefficient (Wildman–Crippen LogP) is 5.15. The van der Waals surface area contributed by atoms with Crippen molar-refractivity contribution in [2.45, 2.75) is 38.3 Å². The Bertz CT molecular complexity index is 1140. The highest BCUT2D eigenvalue weighted by molar-refractivity contribution is 7.98. The molecule has 0 fully saturated rings. The van der Waals surface area contributed by atoms with Crippen molar-refractivity contribution in [2.75, 3.05) is 11.2 Å². The molecular weight excluding hydrogens is 436 g/mol. The lowest BCUT2D eigenvalue weighted by molar-refractivity contribution is -0.118. The number of hydrogen-bond acceptors (Lipinski definition) is 7. The van der Waals surface area contributed by atoms with Gasteiger partial charge in [-0.2, -0.15) is 4.98 Å². The summed E-state index contributed by atoms with van der Waals surface area (Å²) < 4.78 is 12.4. The van der Waals surface area contributed by atoms with E-state index in [-0.39, 0.29) is 17.9 Å². The molecule has 0 N–H and O–H groups in total. The number of ether oxygens (including phenoxy) is 2. The van der Waals surface area contributed by atoms with Crippen LogP contribution in [0.3, 0.4) is 0 Å². The molecule has 0 aliphatic carbocycles. The lowest BCUT2D eigenvalue weighted by atomic mass is 10.1. The molecule has 2 aromatic carbocycles. The van der Waals surface area contributed by atoms with E-state index < -0.39 is 6.23 Å². The van der Waals surface area contributed by atoms with E-state index in [1.807, 2.05) is 44.4 Å². The van der Waals surface area contributed by atoms with Crippen molar-refractivity contribution in [1.29, 1.82) is 0 Å². The molecule has 1 amide bonds. The lowest BCUT2D eigenvalue weighted by Gasteiger charge is -2.31. The first kappa shape index (κ1) is 21.4. The van der Waals surface area contributed by atoms with Crippen molar-refractivity contribution in [3.63, 3.8) is 0 Å². The number of aromatic nitrogens is 3. The highest BCUT2D eigenvalue weighted by Gasteiger charge is 2.36. The second-order valence-electron chi connectivity index (χ2n) is 7.18. The van der Waals surface area contributed by atoms with Gasteiger partial charge in [-0.3, -0.25) is 9.69 Å². The summed E-state index contributed by atoms with van der Waals surface area (Å²) in [5, 5.41) is 9.46. The van der Waals surface area contributed by atoms with E-state index in [0.717, 1.165) is 0 Å². The van der Waals surface area contributed by atoms with Gasteiger partial charge in [-0.15, -0.1) is 10.2 Å². The molecular formula is C22H21ClN4O3S. The topological polar surface area (TPSA) is 77.4 Å². The van der Waals surface area contributed by atoms with Crippen LogP contribution in [0.5, 0.6) is 11.6 Å². The summed E-state index contributed by atoms with van der Waals surface area (Å²) in [6.07, 6.45) is 0.985. The standard InChI is InChI=1S/C22H21ClN4O3S/c1-12(2)29-18-8-6-5-7-15(18)21-27(13(3)28)17-10-9-14(23)11-16(17)19-20(30-21)24-22(31-4)26-25-19/h5-12,21H,1-4H3/t21-/m1/s1. The third-order valence-electron chi connectivity index (χ3n) is 4.64. The summed E-state index contributed by atoms with van der Waals surface area (Å²) in [5.41, 5.74) is 2.35. The minimum Gasteiger partial charge on any atom is -0.491 e. The number of halogens is 1. The molecule has 1 aliphatic heterocycles. The number of hydrogen-bond donors (Lipinski definition) is 0. The molecule has 2 heterocycles. The molecule has 4 rings (SSSR count). The number of anilines is 1. The summed E-state index contributed by atoms with van der Waals surface area (Å²) in [5.74, 6) is 0.689.